The summed E-state index contributed by atoms with van der Waals surface area (Å²) in [5.41, 5.74) is -0.468. The van der Waals surface area contributed by atoms with Gasteiger partial charge in [0, 0.05) is 18.5 Å². The van der Waals surface area contributed by atoms with Crippen molar-refractivity contribution in [3.63, 3.8) is 0 Å². The van der Waals surface area contributed by atoms with E-state index in [1.54, 1.807) is 24.3 Å². The zero-order valence-electron chi connectivity index (χ0n) is 18.3. The van der Waals surface area contributed by atoms with Gasteiger partial charge in [0.05, 0.1) is 5.71 Å². The fraction of sp³-hybridized carbons (Fsp3) is 0.304. The Morgan fingerprint density at radius 3 is 2.49 bits per heavy atom. The first kappa shape index (κ1) is 24.2. The molecule has 8 nitrogen and oxygen atoms in total. The molecular formula is C23H20F4N4O4. The van der Waals surface area contributed by atoms with Gasteiger partial charge >= 0.3 is 12.2 Å². The van der Waals surface area contributed by atoms with Gasteiger partial charge in [-0.25, -0.2) is 9.18 Å². The Bertz CT molecular complexity index is 1210. The summed E-state index contributed by atoms with van der Waals surface area (Å²) < 4.78 is 53.8. The molecule has 2 aliphatic rings. The van der Waals surface area contributed by atoms with E-state index in [0.717, 1.165) is 19.1 Å². The van der Waals surface area contributed by atoms with Crippen molar-refractivity contribution in [3.05, 3.63) is 71.0 Å². The summed E-state index contributed by atoms with van der Waals surface area (Å²) in [4.78, 5) is 40.2. The predicted octanol–water partition coefficient (Wildman–Crippen LogP) is 3.13. The molecule has 1 fully saturated rings. The van der Waals surface area contributed by atoms with E-state index >= 15 is 0 Å². The number of alkyl halides is 3. The molecular weight excluding hydrogens is 472 g/mol. The van der Waals surface area contributed by atoms with Gasteiger partial charge in [-0.3, -0.25) is 14.5 Å². The van der Waals surface area contributed by atoms with Crippen LogP contribution in [0.15, 0.2) is 53.7 Å². The van der Waals surface area contributed by atoms with Crippen molar-refractivity contribution in [1.29, 1.82) is 0 Å². The zero-order chi connectivity index (χ0) is 25.5. The number of carbonyl (C=O) groups excluding carboxylic acids is 3. The molecule has 0 aromatic heterocycles. The lowest BCUT2D eigenvalue weighted by atomic mass is 9.92. The van der Waals surface area contributed by atoms with Crippen LogP contribution in [0.4, 0.5) is 22.4 Å². The number of carbonyl (C=O) groups is 3. The van der Waals surface area contributed by atoms with E-state index < -0.39 is 54.5 Å². The van der Waals surface area contributed by atoms with E-state index in [9.17, 15) is 37.2 Å². The third kappa shape index (κ3) is 4.19. The minimum atomic E-state index is -4.79. The van der Waals surface area contributed by atoms with Gasteiger partial charge in [-0.1, -0.05) is 41.6 Å². The molecule has 1 aliphatic carbocycles. The topological polar surface area (TPSA) is 102 Å². The average molecular weight is 492 g/mol. The van der Waals surface area contributed by atoms with Crippen LogP contribution in [0.1, 0.15) is 30.0 Å². The van der Waals surface area contributed by atoms with Crippen molar-refractivity contribution in [3.8, 4) is 0 Å². The second kappa shape index (κ2) is 8.67. The molecule has 4 rings (SSSR count). The largest absolute Gasteiger partial charge is 0.411 e. The molecule has 4 amide bonds. The lowest BCUT2D eigenvalue weighted by Crippen LogP contribution is -2.51. The number of nitrogens with one attached hydrogen (secondary N) is 1. The number of fused-ring (bicyclic) bond motifs is 2. The van der Waals surface area contributed by atoms with Gasteiger partial charge in [-0.05, 0) is 30.2 Å². The summed E-state index contributed by atoms with van der Waals surface area (Å²) in [7, 11) is 0. The second-order valence-electron chi connectivity index (χ2n) is 8.36. The molecule has 1 spiro atoms. The molecule has 2 aromatic carbocycles. The first-order valence-corrected chi connectivity index (χ1v) is 10.5. The molecule has 1 heterocycles. The molecule has 2 aromatic rings. The molecule has 2 unspecified atom stereocenters. The molecule has 0 saturated carbocycles. The van der Waals surface area contributed by atoms with Gasteiger partial charge in [-0.15, -0.1) is 0 Å². The van der Waals surface area contributed by atoms with Gasteiger partial charge in [0.15, 0.2) is 5.54 Å². The number of amides is 4. The van der Waals surface area contributed by atoms with Crippen LogP contribution >= 0.6 is 0 Å². The lowest BCUT2D eigenvalue weighted by Gasteiger charge is -2.32. The number of urea groups is 1. The van der Waals surface area contributed by atoms with Gasteiger partial charge in [0.25, 0.3) is 5.91 Å². The summed E-state index contributed by atoms with van der Waals surface area (Å²) in [6.07, 6.45) is -4.97. The Morgan fingerprint density at radius 1 is 1.20 bits per heavy atom. The maximum absolute atomic E-state index is 13.5. The fourth-order valence-corrected chi connectivity index (χ4v) is 4.34. The van der Waals surface area contributed by atoms with Crippen LogP contribution in [0.5, 0.6) is 0 Å². The lowest BCUT2D eigenvalue weighted by molar-refractivity contribution is -0.187. The molecule has 1 aliphatic heterocycles. The van der Waals surface area contributed by atoms with Crippen LogP contribution in [-0.4, -0.2) is 57.3 Å². The Kier molecular flexibility index (Phi) is 5.99. The van der Waals surface area contributed by atoms with E-state index in [4.69, 9.17) is 0 Å². The molecule has 0 bridgehead atoms. The van der Waals surface area contributed by atoms with Crippen LogP contribution in [0, 0.1) is 5.82 Å². The Labute approximate surface area is 196 Å². The van der Waals surface area contributed by atoms with Crippen LogP contribution in [-0.2, 0) is 21.7 Å². The Balaban J connectivity index is 1.61. The van der Waals surface area contributed by atoms with E-state index in [1.807, 2.05) is 0 Å². The van der Waals surface area contributed by atoms with E-state index in [2.05, 4.69) is 10.5 Å². The minimum absolute atomic E-state index is 0.144. The van der Waals surface area contributed by atoms with Crippen molar-refractivity contribution in [2.75, 3.05) is 6.54 Å². The number of oxime groups is 1. The molecule has 0 radical (unpaired) electrons. The normalized spacial score (nSPS) is 21.4. The summed E-state index contributed by atoms with van der Waals surface area (Å²) in [5, 5.41) is 15.1. The zero-order valence-corrected chi connectivity index (χ0v) is 18.3. The number of hydrogen-bond acceptors (Lipinski definition) is 5. The van der Waals surface area contributed by atoms with Crippen molar-refractivity contribution >= 4 is 23.6 Å². The molecule has 184 valence electrons. The number of halogens is 4. The number of imide groups is 1. The number of nitrogens with zero attached hydrogens (tertiary/aromatic N) is 3. The highest BCUT2D eigenvalue weighted by atomic mass is 19.4. The van der Waals surface area contributed by atoms with Crippen LogP contribution < -0.4 is 5.32 Å². The highest BCUT2D eigenvalue weighted by molar-refractivity contribution is 6.17. The van der Waals surface area contributed by atoms with E-state index in [-0.39, 0.29) is 17.7 Å². The second-order valence-corrected chi connectivity index (χ2v) is 8.36. The van der Waals surface area contributed by atoms with Gasteiger partial charge in [-0.2, -0.15) is 13.2 Å². The van der Waals surface area contributed by atoms with Crippen molar-refractivity contribution in [1.82, 2.24) is 15.1 Å². The maximum Gasteiger partial charge on any atom is 0.408 e. The Morgan fingerprint density at radius 2 is 1.86 bits per heavy atom. The van der Waals surface area contributed by atoms with Crippen LogP contribution in [0.2, 0.25) is 0 Å². The van der Waals surface area contributed by atoms with Crippen molar-refractivity contribution in [2.24, 2.45) is 5.16 Å². The molecule has 2 atom stereocenters. The molecule has 2 N–H and O–H groups in total. The highest BCUT2D eigenvalue weighted by Crippen LogP contribution is 2.41. The Hall–Kier alpha value is -3.96. The highest BCUT2D eigenvalue weighted by Gasteiger charge is 2.58. The summed E-state index contributed by atoms with van der Waals surface area (Å²) >= 11 is 0. The third-order valence-electron chi connectivity index (χ3n) is 6.25. The molecule has 12 heteroatoms. The first-order chi connectivity index (χ1) is 16.5. The number of rotatable bonds is 5. The predicted molar refractivity (Wildman–Crippen MR) is 114 cm³/mol. The van der Waals surface area contributed by atoms with E-state index in [0.29, 0.717) is 20.9 Å². The summed E-state index contributed by atoms with van der Waals surface area (Å²) in [6, 6.07) is 7.81. The first-order valence-electron chi connectivity index (χ1n) is 10.5. The summed E-state index contributed by atoms with van der Waals surface area (Å²) in [5.74, 6) is -2.56. The van der Waals surface area contributed by atoms with Gasteiger partial charge in [0.1, 0.15) is 18.4 Å². The molecule has 35 heavy (non-hydrogen) atoms. The van der Waals surface area contributed by atoms with E-state index in [1.165, 1.54) is 12.1 Å². The number of hydrogen-bond donors (Lipinski definition) is 2. The van der Waals surface area contributed by atoms with Crippen LogP contribution in [0.25, 0.3) is 0 Å². The average Bonchev–Trinajstić information content (AvgIpc) is 3.26. The van der Waals surface area contributed by atoms with Crippen LogP contribution in [0.3, 0.4) is 0 Å². The quantitative estimate of drug-likeness (QED) is 0.290. The van der Waals surface area contributed by atoms with Gasteiger partial charge in [0.2, 0.25) is 5.91 Å². The van der Waals surface area contributed by atoms with Gasteiger partial charge < -0.3 is 15.4 Å². The monoisotopic (exact) mass is 492 g/mol. The third-order valence-corrected chi connectivity index (χ3v) is 6.25. The standard InChI is InChI=1S/C23H20F4N4O4/c1-13(23(25,26)27)30(11-14-6-8-15(24)9-7-14)19(32)12-31-20(33)22(28-21(31)34)10-18(29-35)16-4-2-3-5-17(16)22/h2-9,13,35H,10-12H2,1H3,(H,28,34)/b29-18+. The maximum atomic E-state index is 13.5. The van der Waals surface area contributed by atoms with Crippen molar-refractivity contribution in [2.45, 2.75) is 37.6 Å². The smallest absolute Gasteiger partial charge is 0.408 e. The SMILES string of the molecule is CC(N(Cc1ccc(F)cc1)C(=O)CN1C(=O)NC2(C/C(=N\O)c3ccccc32)C1=O)C(F)(F)F. The number of benzene rings is 2. The van der Waals surface area contributed by atoms with Crippen molar-refractivity contribution < 1.29 is 37.2 Å². The summed E-state index contributed by atoms with van der Waals surface area (Å²) in [6.45, 7) is -0.674. The fourth-order valence-electron chi connectivity index (χ4n) is 4.34. The molecule has 1 saturated heterocycles. The minimum Gasteiger partial charge on any atom is -0.411 e.